The van der Waals surface area contributed by atoms with Crippen LogP contribution in [0, 0.1) is 0 Å². The van der Waals surface area contributed by atoms with Crippen molar-refractivity contribution in [2.24, 2.45) is 7.05 Å². The SMILES string of the molecule is CN(C)Cc1c(O)c(-c2cccnc2)cc2c1c(C(=O)Cl)c(CN1CCCC1)n2C. The van der Waals surface area contributed by atoms with E-state index < -0.39 is 5.24 Å². The Morgan fingerprint density at radius 3 is 2.63 bits per heavy atom. The second kappa shape index (κ2) is 8.38. The number of pyridine rings is 1. The Morgan fingerprint density at radius 1 is 1.30 bits per heavy atom. The number of phenolic OH excluding ortho intramolecular Hbond substituents is 1. The maximum Gasteiger partial charge on any atom is 0.254 e. The van der Waals surface area contributed by atoms with Gasteiger partial charge in [0.25, 0.3) is 5.24 Å². The number of likely N-dealkylation sites (tertiary alicyclic amines) is 1. The molecule has 7 heteroatoms. The molecule has 0 atom stereocenters. The molecule has 6 nitrogen and oxygen atoms in total. The molecule has 1 fully saturated rings. The molecule has 0 amide bonds. The highest BCUT2D eigenvalue weighted by atomic mass is 35.5. The molecule has 1 aromatic carbocycles. The molecule has 1 N–H and O–H groups in total. The minimum atomic E-state index is -0.483. The van der Waals surface area contributed by atoms with Crippen LogP contribution in [0.4, 0.5) is 0 Å². The number of aromatic hydroxyl groups is 1. The number of aromatic nitrogens is 2. The molecule has 1 aliphatic heterocycles. The first-order valence-corrected chi connectivity index (χ1v) is 10.6. The first kappa shape index (κ1) is 20.8. The van der Waals surface area contributed by atoms with Crippen molar-refractivity contribution >= 4 is 27.7 Å². The monoisotopic (exact) mass is 426 g/mol. The van der Waals surface area contributed by atoms with Crippen molar-refractivity contribution in [2.45, 2.75) is 25.9 Å². The molecule has 0 aliphatic carbocycles. The minimum absolute atomic E-state index is 0.168. The fourth-order valence-corrected chi connectivity index (χ4v) is 4.68. The Labute approximate surface area is 181 Å². The van der Waals surface area contributed by atoms with Crippen LogP contribution in [0.25, 0.3) is 22.0 Å². The zero-order valence-electron chi connectivity index (χ0n) is 17.7. The summed E-state index contributed by atoms with van der Waals surface area (Å²) in [6.45, 7) is 3.20. The number of carbonyl (C=O) groups is 1. The Balaban J connectivity index is 2.02. The van der Waals surface area contributed by atoms with Gasteiger partial charge in [-0.3, -0.25) is 14.7 Å². The summed E-state index contributed by atoms with van der Waals surface area (Å²) in [7, 11) is 5.86. The second-order valence-corrected chi connectivity index (χ2v) is 8.61. The van der Waals surface area contributed by atoms with Crippen LogP contribution in [0.3, 0.4) is 0 Å². The van der Waals surface area contributed by atoms with Crippen molar-refractivity contribution in [2.75, 3.05) is 27.2 Å². The zero-order valence-corrected chi connectivity index (χ0v) is 18.4. The Hall–Kier alpha value is -2.41. The third-order valence-corrected chi connectivity index (χ3v) is 6.09. The summed E-state index contributed by atoms with van der Waals surface area (Å²) in [5, 5.41) is 11.5. The maximum atomic E-state index is 12.6. The number of phenols is 1. The van der Waals surface area contributed by atoms with Crippen molar-refractivity contribution in [1.29, 1.82) is 0 Å². The Kier molecular flexibility index (Phi) is 5.82. The van der Waals surface area contributed by atoms with E-state index >= 15 is 0 Å². The Bertz CT molecular complexity index is 1090. The predicted molar refractivity (Wildman–Crippen MR) is 120 cm³/mol. The zero-order chi connectivity index (χ0) is 21.4. The summed E-state index contributed by atoms with van der Waals surface area (Å²) >= 11 is 6.13. The van der Waals surface area contributed by atoms with Crippen molar-refractivity contribution in [3.05, 3.63) is 47.4 Å². The fraction of sp³-hybridized carbons (Fsp3) is 0.391. The Morgan fingerprint density at radius 2 is 2.03 bits per heavy atom. The van der Waals surface area contributed by atoms with Crippen LogP contribution < -0.4 is 0 Å². The van der Waals surface area contributed by atoms with Crippen molar-refractivity contribution < 1.29 is 9.90 Å². The molecule has 3 heterocycles. The van der Waals surface area contributed by atoms with Gasteiger partial charge in [-0.25, -0.2) is 0 Å². The smallest absolute Gasteiger partial charge is 0.254 e. The molecule has 0 saturated carbocycles. The highest BCUT2D eigenvalue weighted by Gasteiger charge is 2.27. The van der Waals surface area contributed by atoms with Gasteiger partial charge in [-0.2, -0.15) is 0 Å². The molecule has 0 bridgehead atoms. The lowest BCUT2D eigenvalue weighted by molar-refractivity contribution is 0.108. The first-order valence-electron chi connectivity index (χ1n) is 10.2. The molecular formula is C23H27ClN4O2. The summed E-state index contributed by atoms with van der Waals surface area (Å²) in [4.78, 5) is 21.1. The fourth-order valence-electron chi connectivity index (χ4n) is 4.48. The van der Waals surface area contributed by atoms with Crippen LogP contribution in [0.2, 0.25) is 0 Å². The van der Waals surface area contributed by atoms with Crippen LogP contribution in [-0.2, 0) is 20.1 Å². The van der Waals surface area contributed by atoms with Crippen molar-refractivity contribution in [1.82, 2.24) is 19.4 Å². The number of benzene rings is 1. The number of carbonyl (C=O) groups excluding carboxylic acids is 1. The van der Waals surface area contributed by atoms with E-state index in [1.54, 1.807) is 12.4 Å². The summed E-state index contributed by atoms with van der Waals surface area (Å²) in [5.74, 6) is 0.168. The van der Waals surface area contributed by atoms with E-state index in [0.29, 0.717) is 29.8 Å². The average molecular weight is 427 g/mol. The normalized spacial score (nSPS) is 14.8. The van der Waals surface area contributed by atoms with Gasteiger partial charge in [-0.05, 0) is 63.8 Å². The quantitative estimate of drug-likeness (QED) is 0.604. The lowest BCUT2D eigenvalue weighted by atomic mass is 9.97. The van der Waals surface area contributed by atoms with Gasteiger partial charge in [0.15, 0.2) is 0 Å². The number of hydrogen-bond donors (Lipinski definition) is 1. The van der Waals surface area contributed by atoms with Gasteiger partial charge in [0.1, 0.15) is 5.75 Å². The lowest BCUT2D eigenvalue weighted by Crippen LogP contribution is -2.21. The number of rotatable bonds is 6. The van der Waals surface area contributed by atoms with Gasteiger partial charge in [0.2, 0.25) is 0 Å². The van der Waals surface area contributed by atoms with E-state index in [-0.39, 0.29) is 5.75 Å². The number of hydrogen-bond acceptors (Lipinski definition) is 5. The van der Waals surface area contributed by atoms with Gasteiger partial charge in [0, 0.05) is 60.3 Å². The predicted octanol–water partition coefficient (Wildman–Crippen LogP) is 3.98. The van der Waals surface area contributed by atoms with E-state index in [1.165, 1.54) is 12.8 Å². The topological polar surface area (TPSA) is 61.6 Å². The van der Waals surface area contributed by atoms with Crippen LogP contribution in [0.15, 0.2) is 30.6 Å². The maximum absolute atomic E-state index is 12.6. The molecule has 1 aliphatic rings. The third-order valence-electron chi connectivity index (χ3n) is 5.90. The van der Waals surface area contributed by atoms with Gasteiger partial charge in [-0.1, -0.05) is 6.07 Å². The highest BCUT2D eigenvalue weighted by Crippen LogP contribution is 2.42. The van der Waals surface area contributed by atoms with Crippen LogP contribution in [0.1, 0.15) is 34.5 Å². The number of fused-ring (bicyclic) bond motifs is 1. The summed E-state index contributed by atoms with van der Waals surface area (Å²) in [6.07, 6.45) is 5.79. The number of halogens is 1. The molecule has 0 unspecified atom stereocenters. The summed E-state index contributed by atoms with van der Waals surface area (Å²) in [6, 6.07) is 5.72. The van der Waals surface area contributed by atoms with Gasteiger partial charge < -0.3 is 14.6 Å². The van der Waals surface area contributed by atoms with Gasteiger partial charge in [-0.15, -0.1) is 0 Å². The van der Waals surface area contributed by atoms with E-state index in [2.05, 4.69) is 14.5 Å². The van der Waals surface area contributed by atoms with Crippen LogP contribution in [0.5, 0.6) is 5.75 Å². The molecule has 0 radical (unpaired) electrons. The molecule has 4 rings (SSSR count). The molecule has 158 valence electrons. The summed E-state index contributed by atoms with van der Waals surface area (Å²) in [5.41, 5.74) is 4.54. The van der Waals surface area contributed by atoms with E-state index in [9.17, 15) is 9.90 Å². The lowest BCUT2D eigenvalue weighted by Gasteiger charge is -2.16. The van der Waals surface area contributed by atoms with E-state index in [1.807, 2.05) is 44.2 Å². The van der Waals surface area contributed by atoms with Gasteiger partial charge >= 0.3 is 0 Å². The van der Waals surface area contributed by atoms with Gasteiger partial charge in [0.05, 0.1) is 11.1 Å². The molecule has 1 saturated heterocycles. The first-order chi connectivity index (χ1) is 14.4. The second-order valence-electron chi connectivity index (χ2n) is 8.26. The summed E-state index contributed by atoms with van der Waals surface area (Å²) < 4.78 is 2.06. The van der Waals surface area contributed by atoms with E-state index in [0.717, 1.165) is 35.2 Å². The third kappa shape index (κ3) is 3.71. The minimum Gasteiger partial charge on any atom is -0.507 e. The van der Waals surface area contributed by atoms with Crippen LogP contribution in [-0.4, -0.2) is 56.9 Å². The molecule has 3 aromatic rings. The van der Waals surface area contributed by atoms with Crippen LogP contribution >= 0.6 is 11.6 Å². The van der Waals surface area contributed by atoms with E-state index in [4.69, 9.17) is 11.6 Å². The standard InChI is InChI=1S/C23H27ClN4O2/c1-26(2)13-17-20-18(11-16(22(17)29)15-7-6-8-25-12-15)27(3)19(21(20)23(24)30)14-28-9-4-5-10-28/h6-8,11-12,29H,4-5,9-10,13-14H2,1-3H3. The molecular weight excluding hydrogens is 400 g/mol. The molecule has 2 aromatic heterocycles. The molecule has 30 heavy (non-hydrogen) atoms. The number of nitrogens with zero attached hydrogens (tertiary/aromatic N) is 4. The van der Waals surface area contributed by atoms with Crippen molar-refractivity contribution in [3.8, 4) is 16.9 Å². The molecule has 0 spiro atoms. The number of aryl methyl sites for hydroxylation is 1. The average Bonchev–Trinajstić information content (AvgIpc) is 3.31. The van der Waals surface area contributed by atoms with Crippen molar-refractivity contribution in [3.63, 3.8) is 0 Å². The highest BCUT2D eigenvalue weighted by molar-refractivity contribution is 6.69. The largest absolute Gasteiger partial charge is 0.507 e.